The van der Waals surface area contributed by atoms with Crippen molar-refractivity contribution in [1.29, 1.82) is 0 Å². The summed E-state index contributed by atoms with van der Waals surface area (Å²) >= 11 is 0. The van der Waals surface area contributed by atoms with Gasteiger partial charge in [-0.15, -0.1) is 0 Å². The van der Waals surface area contributed by atoms with Crippen LogP contribution >= 0.6 is 0 Å². The van der Waals surface area contributed by atoms with E-state index >= 15 is 0 Å². The van der Waals surface area contributed by atoms with Crippen molar-refractivity contribution < 1.29 is 0 Å². The van der Waals surface area contributed by atoms with Crippen LogP contribution in [0.3, 0.4) is 0 Å². The van der Waals surface area contributed by atoms with Crippen LogP contribution in [0.15, 0.2) is 59.8 Å². The maximum Gasteiger partial charge on any atom is 0.0443 e. The fraction of sp³-hybridized carbons (Fsp3) is 0.375. The van der Waals surface area contributed by atoms with Gasteiger partial charge < -0.3 is 5.32 Å². The summed E-state index contributed by atoms with van der Waals surface area (Å²) in [6.45, 7) is 18.4. The molecule has 1 aliphatic heterocycles. The Hall–Kier alpha value is -2.19. The fourth-order valence-electron chi connectivity index (χ4n) is 4.59. The van der Waals surface area contributed by atoms with Crippen LogP contribution in [0, 0.1) is 5.41 Å². The summed E-state index contributed by atoms with van der Waals surface area (Å²) in [5, 5.41) is 3.50. The van der Waals surface area contributed by atoms with Crippen LogP contribution in [0.25, 0.3) is 11.1 Å². The quantitative estimate of drug-likeness (QED) is 0.558. The molecule has 1 heterocycles. The Balaban J connectivity index is 2.03. The van der Waals surface area contributed by atoms with E-state index in [1.54, 1.807) is 0 Å². The van der Waals surface area contributed by atoms with Crippen LogP contribution in [0.1, 0.15) is 49.8 Å². The predicted octanol–water partition coefficient (Wildman–Crippen LogP) is 5.58. The molecule has 1 aliphatic carbocycles. The van der Waals surface area contributed by atoms with Crippen molar-refractivity contribution in [3.63, 3.8) is 0 Å². The number of aliphatic imine (C=N–C) groups is 1. The molecule has 0 amide bonds. The van der Waals surface area contributed by atoms with Gasteiger partial charge in [0, 0.05) is 11.3 Å². The minimum Gasteiger partial charge on any atom is -0.317 e. The Bertz CT molecular complexity index is 801. The molecule has 0 aromatic heterocycles. The Labute approximate surface area is 158 Å². The molecule has 0 unspecified atom stereocenters. The standard InChI is InChI=1S/C24H30N2/c1-6-21(18(4)25-5)22(7-2)19-8-9-23-17(3)15-24(16-20(23)14-19)10-12-26-13-11-24/h6-9,14,26H,1,3,5,10-13,15-16H2,2,4H3/b21-18+,22-7-. The molecule has 1 saturated heterocycles. The molecule has 1 aromatic rings. The van der Waals surface area contributed by atoms with Crippen molar-refractivity contribution >= 4 is 17.9 Å². The van der Waals surface area contributed by atoms with Gasteiger partial charge in [-0.3, -0.25) is 4.99 Å². The third-order valence-electron chi connectivity index (χ3n) is 6.03. The summed E-state index contributed by atoms with van der Waals surface area (Å²) in [5.41, 5.74) is 8.82. The first kappa shape index (κ1) is 18.6. The van der Waals surface area contributed by atoms with Gasteiger partial charge in [-0.05, 0) is 92.6 Å². The van der Waals surface area contributed by atoms with E-state index in [9.17, 15) is 0 Å². The number of nitrogens with one attached hydrogen (secondary N) is 1. The van der Waals surface area contributed by atoms with Crippen molar-refractivity contribution in [2.45, 2.75) is 39.5 Å². The van der Waals surface area contributed by atoms with Gasteiger partial charge in [0.05, 0.1) is 0 Å². The highest BCUT2D eigenvalue weighted by atomic mass is 14.9. The van der Waals surface area contributed by atoms with Crippen LogP contribution < -0.4 is 5.32 Å². The van der Waals surface area contributed by atoms with E-state index in [4.69, 9.17) is 0 Å². The lowest BCUT2D eigenvalue weighted by molar-refractivity contribution is 0.201. The van der Waals surface area contributed by atoms with Crippen molar-refractivity contribution in [2.24, 2.45) is 10.4 Å². The molecule has 2 aliphatic rings. The molecule has 3 rings (SSSR count). The van der Waals surface area contributed by atoms with Crippen molar-refractivity contribution in [3.05, 3.63) is 71.5 Å². The smallest absolute Gasteiger partial charge is 0.0443 e. The van der Waals surface area contributed by atoms with E-state index in [1.807, 2.05) is 13.0 Å². The molecule has 2 nitrogen and oxygen atoms in total. The lowest BCUT2D eigenvalue weighted by Gasteiger charge is -2.42. The highest BCUT2D eigenvalue weighted by Crippen LogP contribution is 2.47. The topological polar surface area (TPSA) is 24.4 Å². The van der Waals surface area contributed by atoms with Gasteiger partial charge in [-0.25, -0.2) is 0 Å². The molecule has 0 saturated carbocycles. The van der Waals surface area contributed by atoms with Crippen molar-refractivity contribution in [2.75, 3.05) is 13.1 Å². The van der Waals surface area contributed by atoms with E-state index in [2.05, 4.69) is 61.4 Å². The number of rotatable bonds is 4. The monoisotopic (exact) mass is 346 g/mol. The number of hydrogen-bond acceptors (Lipinski definition) is 2. The van der Waals surface area contributed by atoms with E-state index in [0.29, 0.717) is 5.41 Å². The van der Waals surface area contributed by atoms with Crippen LogP contribution in [-0.2, 0) is 6.42 Å². The number of hydrogen-bond donors (Lipinski definition) is 1. The normalized spacial score (nSPS) is 20.4. The van der Waals surface area contributed by atoms with E-state index < -0.39 is 0 Å². The predicted molar refractivity (Wildman–Crippen MR) is 114 cm³/mol. The Morgan fingerprint density at radius 1 is 1.23 bits per heavy atom. The minimum atomic E-state index is 0.389. The third kappa shape index (κ3) is 3.39. The minimum absolute atomic E-state index is 0.389. The second-order valence-corrected chi connectivity index (χ2v) is 7.64. The van der Waals surface area contributed by atoms with Gasteiger partial charge in [0.15, 0.2) is 0 Å². The van der Waals surface area contributed by atoms with E-state index in [0.717, 1.165) is 37.2 Å². The summed E-state index contributed by atoms with van der Waals surface area (Å²) in [7, 11) is 0. The van der Waals surface area contributed by atoms with Crippen LogP contribution in [0.5, 0.6) is 0 Å². The third-order valence-corrected chi connectivity index (χ3v) is 6.03. The summed E-state index contributed by atoms with van der Waals surface area (Å²) in [6, 6.07) is 6.82. The summed E-state index contributed by atoms with van der Waals surface area (Å²) in [4.78, 5) is 4.12. The highest BCUT2D eigenvalue weighted by Gasteiger charge is 2.37. The number of piperidine rings is 1. The Morgan fingerprint density at radius 3 is 2.58 bits per heavy atom. The first-order valence-corrected chi connectivity index (χ1v) is 9.52. The highest BCUT2D eigenvalue weighted by molar-refractivity contribution is 5.84. The van der Waals surface area contributed by atoms with Crippen LogP contribution in [0.2, 0.25) is 0 Å². The first-order valence-electron chi connectivity index (χ1n) is 9.52. The second kappa shape index (κ2) is 7.59. The molecule has 0 bridgehead atoms. The van der Waals surface area contributed by atoms with Gasteiger partial charge in [-0.1, -0.05) is 43.5 Å². The largest absolute Gasteiger partial charge is 0.317 e. The summed E-state index contributed by atoms with van der Waals surface area (Å²) < 4.78 is 0. The van der Waals surface area contributed by atoms with Gasteiger partial charge >= 0.3 is 0 Å². The SMILES string of the molecule is C=CC(/C(=C\C)c1ccc2c(c1)CC1(CCNCC1)CC2=C)=C(/C)N=C. The Morgan fingerprint density at radius 2 is 1.96 bits per heavy atom. The zero-order valence-electron chi connectivity index (χ0n) is 16.2. The average Bonchev–Trinajstić information content (AvgIpc) is 2.65. The van der Waals surface area contributed by atoms with Crippen molar-refractivity contribution in [3.8, 4) is 0 Å². The zero-order valence-corrected chi connectivity index (χ0v) is 16.2. The molecular weight excluding hydrogens is 316 g/mol. The number of allylic oxidation sites excluding steroid dienone is 6. The lowest BCUT2D eigenvalue weighted by atomic mass is 9.65. The molecule has 1 spiro atoms. The van der Waals surface area contributed by atoms with Gasteiger partial charge in [-0.2, -0.15) is 0 Å². The lowest BCUT2D eigenvalue weighted by Crippen LogP contribution is -2.40. The average molecular weight is 347 g/mol. The molecule has 1 aromatic carbocycles. The zero-order chi connectivity index (χ0) is 18.7. The molecule has 1 N–H and O–H groups in total. The molecular formula is C24H30N2. The molecule has 0 radical (unpaired) electrons. The fourth-order valence-corrected chi connectivity index (χ4v) is 4.59. The molecule has 0 atom stereocenters. The van der Waals surface area contributed by atoms with Gasteiger partial charge in [0.25, 0.3) is 0 Å². The van der Waals surface area contributed by atoms with Crippen molar-refractivity contribution in [1.82, 2.24) is 5.32 Å². The van der Waals surface area contributed by atoms with Crippen LogP contribution in [0.4, 0.5) is 0 Å². The summed E-state index contributed by atoms with van der Waals surface area (Å²) in [6.07, 6.45) is 8.79. The van der Waals surface area contributed by atoms with Gasteiger partial charge in [0.2, 0.25) is 0 Å². The van der Waals surface area contributed by atoms with E-state index in [-0.39, 0.29) is 0 Å². The molecule has 26 heavy (non-hydrogen) atoms. The Kier molecular flexibility index (Phi) is 5.43. The maximum absolute atomic E-state index is 4.41. The number of fused-ring (bicyclic) bond motifs is 1. The maximum atomic E-state index is 4.41. The second-order valence-electron chi connectivity index (χ2n) is 7.64. The number of benzene rings is 1. The molecule has 1 fully saturated rings. The summed E-state index contributed by atoms with van der Waals surface area (Å²) in [5.74, 6) is 0. The number of nitrogens with zero attached hydrogens (tertiary/aromatic N) is 1. The van der Waals surface area contributed by atoms with Gasteiger partial charge in [0.1, 0.15) is 0 Å². The molecule has 2 heteroatoms. The molecule has 136 valence electrons. The van der Waals surface area contributed by atoms with E-state index in [1.165, 1.54) is 40.7 Å². The van der Waals surface area contributed by atoms with Crippen LogP contribution in [-0.4, -0.2) is 19.8 Å². The first-order chi connectivity index (χ1) is 12.5.